The van der Waals surface area contributed by atoms with Gasteiger partial charge in [0.25, 0.3) is 0 Å². The summed E-state index contributed by atoms with van der Waals surface area (Å²) in [5, 5.41) is 0. The molecule has 3 heteroatoms. The number of hydrogen-bond acceptors (Lipinski definition) is 3. The van der Waals surface area contributed by atoms with Crippen LogP contribution in [0.4, 0.5) is 0 Å². The summed E-state index contributed by atoms with van der Waals surface area (Å²) in [6.07, 6.45) is 2.10. The molecule has 0 bridgehead atoms. The summed E-state index contributed by atoms with van der Waals surface area (Å²) in [6, 6.07) is 11.1. The van der Waals surface area contributed by atoms with Crippen LogP contribution in [0.5, 0.6) is 0 Å². The highest BCUT2D eigenvalue weighted by atomic mass is 16.5. The zero-order valence-electron chi connectivity index (χ0n) is 12.7. The first-order chi connectivity index (χ1) is 9.58. The van der Waals surface area contributed by atoms with Crippen LogP contribution >= 0.6 is 0 Å². The van der Waals surface area contributed by atoms with E-state index in [2.05, 4.69) is 49.1 Å². The van der Waals surface area contributed by atoms with Gasteiger partial charge in [-0.3, -0.25) is 9.69 Å². The fraction of sp³-hybridized carbons (Fsp3) is 0.588. The van der Waals surface area contributed by atoms with E-state index >= 15 is 0 Å². The molecule has 0 spiro atoms. The molecule has 0 radical (unpaired) electrons. The van der Waals surface area contributed by atoms with Gasteiger partial charge in [-0.25, -0.2) is 0 Å². The third-order valence-electron chi connectivity index (χ3n) is 4.47. The van der Waals surface area contributed by atoms with Gasteiger partial charge < -0.3 is 4.74 Å². The lowest BCUT2D eigenvalue weighted by atomic mass is 9.88. The van der Waals surface area contributed by atoms with Crippen molar-refractivity contribution in [2.45, 2.75) is 45.8 Å². The molecule has 3 nitrogen and oxygen atoms in total. The number of hydrogen-bond donors (Lipinski definition) is 0. The zero-order valence-corrected chi connectivity index (χ0v) is 12.7. The lowest BCUT2D eigenvalue weighted by Gasteiger charge is -2.42. The van der Waals surface area contributed by atoms with Crippen LogP contribution in [0.1, 0.15) is 32.8 Å². The molecule has 1 aromatic carbocycles. The van der Waals surface area contributed by atoms with E-state index in [1.165, 1.54) is 12.5 Å². The summed E-state index contributed by atoms with van der Waals surface area (Å²) in [7, 11) is 0. The van der Waals surface area contributed by atoms with Crippen molar-refractivity contribution in [1.82, 2.24) is 4.90 Å². The Morgan fingerprint density at radius 1 is 1.30 bits per heavy atom. The molecule has 1 saturated heterocycles. The minimum absolute atomic E-state index is 0.0791. The average Bonchev–Trinajstić information content (AvgIpc) is 2.44. The standard InChI is InChI=1S/C17H25NO2/c1-13-14(2)18(12-10-17(13)20-15(3)19)11-9-16-7-5-4-6-8-16/h4-8,13-14,17H,9-12H2,1-3H3/t13-,14-,17+/m1/s1. The van der Waals surface area contributed by atoms with Crippen LogP contribution in [0.3, 0.4) is 0 Å². The van der Waals surface area contributed by atoms with E-state index in [9.17, 15) is 4.79 Å². The highest BCUT2D eigenvalue weighted by Crippen LogP contribution is 2.26. The van der Waals surface area contributed by atoms with E-state index in [0.717, 1.165) is 25.9 Å². The maximum atomic E-state index is 11.1. The molecule has 0 aliphatic carbocycles. The van der Waals surface area contributed by atoms with Gasteiger partial charge in [0.05, 0.1) is 0 Å². The molecule has 1 heterocycles. The first-order valence-corrected chi connectivity index (χ1v) is 7.53. The second-order valence-electron chi connectivity index (χ2n) is 5.81. The lowest BCUT2D eigenvalue weighted by Crippen LogP contribution is -2.50. The van der Waals surface area contributed by atoms with E-state index in [1.807, 2.05) is 0 Å². The van der Waals surface area contributed by atoms with Gasteiger partial charge in [-0.15, -0.1) is 0 Å². The van der Waals surface area contributed by atoms with Crippen molar-refractivity contribution in [3.63, 3.8) is 0 Å². The number of esters is 1. The Hall–Kier alpha value is -1.35. The Kier molecular flexibility index (Phi) is 5.18. The summed E-state index contributed by atoms with van der Waals surface area (Å²) in [5.41, 5.74) is 1.38. The van der Waals surface area contributed by atoms with Gasteiger partial charge >= 0.3 is 5.97 Å². The SMILES string of the molecule is CC(=O)O[C@H]1CCN(CCc2ccccc2)[C@H](C)[C@H]1C. The molecule has 2 rings (SSSR count). The topological polar surface area (TPSA) is 29.5 Å². The second kappa shape index (κ2) is 6.89. The molecule has 110 valence electrons. The highest BCUT2D eigenvalue weighted by Gasteiger charge is 2.33. The van der Waals surface area contributed by atoms with Gasteiger partial charge in [0.15, 0.2) is 0 Å². The van der Waals surface area contributed by atoms with E-state index in [1.54, 1.807) is 0 Å². The van der Waals surface area contributed by atoms with Crippen molar-refractivity contribution in [3.8, 4) is 0 Å². The van der Waals surface area contributed by atoms with Crippen molar-refractivity contribution in [3.05, 3.63) is 35.9 Å². The molecule has 0 amide bonds. The molecule has 1 fully saturated rings. The van der Waals surface area contributed by atoms with E-state index in [-0.39, 0.29) is 12.1 Å². The van der Waals surface area contributed by atoms with Gasteiger partial charge in [0.1, 0.15) is 6.10 Å². The van der Waals surface area contributed by atoms with Gasteiger partial charge in [-0.1, -0.05) is 37.3 Å². The number of carbonyl (C=O) groups is 1. The molecule has 0 unspecified atom stereocenters. The largest absolute Gasteiger partial charge is 0.462 e. The molecule has 20 heavy (non-hydrogen) atoms. The first-order valence-electron chi connectivity index (χ1n) is 7.53. The smallest absolute Gasteiger partial charge is 0.302 e. The van der Waals surface area contributed by atoms with Crippen LogP contribution in [0.15, 0.2) is 30.3 Å². The summed E-state index contributed by atoms with van der Waals surface area (Å²) >= 11 is 0. The molecule has 0 N–H and O–H groups in total. The van der Waals surface area contributed by atoms with Gasteiger partial charge in [-0.2, -0.15) is 0 Å². The van der Waals surface area contributed by atoms with Crippen molar-refractivity contribution in [1.29, 1.82) is 0 Å². The maximum absolute atomic E-state index is 11.1. The van der Waals surface area contributed by atoms with Gasteiger partial charge in [0, 0.05) is 32.0 Å². The van der Waals surface area contributed by atoms with E-state index in [4.69, 9.17) is 4.74 Å². The molecule has 1 aliphatic rings. The number of piperidine rings is 1. The average molecular weight is 275 g/mol. The van der Waals surface area contributed by atoms with Crippen LogP contribution in [-0.2, 0) is 16.0 Å². The molecule has 0 aromatic heterocycles. The lowest BCUT2D eigenvalue weighted by molar-refractivity contribution is -0.153. The Labute approximate surface area is 121 Å². The van der Waals surface area contributed by atoms with Crippen LogP contribution in [0.2, 0.25) is 0 Å². The van der Waals surface area contributed by atoms with Crippen molar-refractivity contribution in [2.24, 2.45) is 5.92 Å². The quantitative estimate of drug-likeness (QED) is 0.791. The predicted molar refractivity (Wildman–Crippen MR) is 80.5 cm³/mol. The van der Waals surface area contributed by atoms with E-state index in [0.29, 0.717) is 12.0 Å². The molecular weight excluding hydrogens is 250 g/mol. The minimum Gasteiger partial charge on any atom is -0.462 e. The number of ether oxygens (including phenoxy) is 1. The van der Waals surface area contributed by atoms with Crippen molar-refractivity contribution < 1.29 is 9.53 Å². The van der Waals surface area contributed by atoms with Crippen molar-refractivity contribution in [2.75, 3.05) is 13.1 Å². The number of rotatable bonds is 4. The Morgan fingerprint density at radius 3 is 2.65 bits per heavy atom. The Bertz CT molecular complexity index is 432. The van der Waals surface area contributed by atoms with Crippen molar-refractivity contribution >= 4 is 5.97 Å². The van der Waals surface area contributed by atoms with Crippen LogP contribution < -0.4 is 0 Å². The number of benzene rings is 1. The zero-order chi connectivity index (χ0) is 14.5. The van der Waals surface area contributed by atoms with Crippen LogP contribution in [-0.4, -0.2) is 36.1 Å². The highest BCUT2D eigenvalue weighted by molar-refractivity contribution is 5.66. The molecule has 1 aromatic rings. The predicted octanol–water partition coefficient (Wildman–Crippen LogP) is 2.89. The van der Waals surface area contributed by atoms with Crippen LogP contribution in [0, 0.1) is 5.92 Å². The minimum atomic E-state index is -0.160. The monoisotopic (exact) mass is 275 g/mol. The molecule has 1 aliphatic heterocycles. The number of likely N-dealkylation sites (tertiary alicyclic amines) is 1. The van der Waals surface area contributed by atoms with Crippen LogP contribution in [0.25, 0.3) is 0 Å². The summed E-state index contributed by atoms with van der Waals surface area (Å²) in [6.45, 7) is 8.01. The number of nitrogens with zero attached hydrogens (tertiary/aromatic N) is 1. The second-order valence-corrected chi connectivity index (χ2v) is 5.81. The summed E-state index contributed by atoms with van der Waals surface area (Å²) in [5.74, 6) is 0.232. The third kappa shape index (κ3) is 3.83. The Morgan fingerprint density at radius 2 is 2.00 bits per heavy atom. The fourth-order valence-corrected chi connectivity index (χ4v) is 3.02. The summed E-state index contributed by atoms with van der Waals surface area (Å²) in [4.78, 5) is 13.6. The molecule has 0 saturated carbocycles. The van der Waals surface area contributed by atoms with Gasteiger partial charge in [-0.05, 0) is 25.3 Å². The number of carbonyl (C=O) groups excluding carboxylic acids is 1. The first kappa shape index (κ1) is 15.0. The molecular formula is C17H25NO2. The summed E-state index contributed by atoms with van der Waals surface area (Å²) < 4.78 is 5.42. The normalized spacial score (nSPS) is 27.2. The fourth-order valence-electron chi connectivity index (χ4n) is 3.02. The third-order valence-corrected chi connectivity index (χ3v) is 4.47. The maximum Gasteiger partial charge on any atom is 0.302 e. The van der Waals surface area contributed by atoms with Gasteiger partial charge in [0.2, 0.25) is 0 Å². The Balaban J connectivity index is 1.87. The van der Waals surface area contributed by atoms with E-state index < -0.39 is 0 Å². The molecule has 3 atom stereocenters.